The van der Waals surface area contributed by atoms with Crippen LogP contribution in [0.4, 0.5) is 21.6 Å². The lowest BCUT2D eigenvalue weighted by Gasteiger charge is -2.36. The number of hydrogen-bond donors (Lipinski definition) is 1. The van der Waals surface area contributed by atoms with Gasteiger partial charge in [0.15, 0.2) is 0 Å². The van der Waals surface area contributed by atoms with Crippen molar-refractivity contribution in [3.63, 3.8) is 0 Å². The van der Waals surface area contributed by atoms with Crippen LogP contribution in [-0.4, -0.2) is 37.1 Å². The molecule has 0 aliphatic carbocycles. The maximum absolute atomic E-state index is 13.9. The van der Waals surface area contributed by atoms with Crippen LogP contribution in [0.2, 0.25) is 0 Å². The topological polar surface area (TPSA) is 48.5 Å². The zero-order valence-corrected chi connectivity index (χ0v) is 14.4. The third-order valence-corrected chi connectivity index (χ3v) is 4.31. The molecule has 25 heavy (non-hydrogen) atoms. The van der Waals surface area contributed by atoms with Gasteiger partial charge in [-0.25, -0.2) is 9.37 Å². The number of amides is 1. The molecule has 0 saturated carbocycles. The Morgan fingerprint density at radius 1 is 1.12 bits per heavy atom. The zero-order chi connectivity index (χ0) is 17.6. The van der Waals surface area contributed by atoms with Gasteiger partial charge in [0.1, 0.15) is 11.6 Å². The molecule has 1 aromatic heterocycles. The molecule has 0 unspecified atom stereocenters. The highest BCUT2D eigenvalue weighted by atomic mass is 19.1. The van der Waals surface area contributed by atoms with Gasteiger partial charge in [0.25, 0.3) is 0 Å². The summed E-state index contributed by atoms with van der Waals surface area (Å²) in [5.74, 6) is 0.707. The van der Waals surface area contributed by atoms with Gasteiger partial charge in [-0.15, -0.1) is 0 Å². The fourth-order valence-corrected chi connectivity index (χ4v) is 2.98. The minimum Gasteiger partial charge on any atom is -0.366 e. The number of nitrogens with zero attached hydrogens (tertiary/aromatic N) is 3. The van der Waals surface area contributed by atoms with Gasteiger partial charge in [-0.1, -0.05) is 19.1 Å². The molecule has 1 amide bonds. The third-order valence-electron chi connectivity index (χ3n) is 4.31. The zero-order valence-electron chi connectivity index (χ0n) is 14.4. The number of carbonyl (C=O) groups excluding carboxylic acids is 1. The number of rotatable bonds is 5. The number of anilines is 3. The summed E-state index contributed by atoms with van der Waals surface area (Å²) in [5.41, 5.74) is 1.37. The van der Waals surface area contributed by atoms with Crippen LogP contribution >= 0.6 is 0 Å². The standard InChI is InChI=1S/C19H23FN4O/c1-2-5-19(25)22-15-8-9-18(21-14-15)24-12-10-23(11-13-24)17-7-4-3-6-16(17)20/h3-4,6-9,14H,2,5,10-13H2,1H3,(H,22,25). The van der Waals surface area contributed by atoms with Crippen LogP contribution in [-0.2, 0) is 4.79 Å². The molecule has 3 rings (SSSR count). The number of halogens is 1. The van der Waals surface area contributed by atoms with Crippen molar-refractivity contribution >= 4 is 23.1 Å². The Morgan fingerprint density at radius 2 is 1.84 bits per heavy atom. The SMILES string of the molecule is CCCC(=O)Nc1ccc(N2CCN(c3ccccc3F)CC2)nc1. The number of carbonyl (C=O) groups is 1. The average Bonchev–Trinajstić information content (AvgIpc) is 2.63. The highest BCUT2D eigenvalue weighted by Gasteiger charge is 2.20. The quantitative estimate of drug-likeness (QED) is 0.906. The second-order valence-corrected chi connectivity index (χ2v) is 6.13. The van der Waals surface area contributed by atoms with Crippen LogP contribution in [0.3, 0.4) is 0 Å². The van der Waals surface area contributed by atoms with Crippen molar-refractivity contribution in [2.75, 3.05) is 41.3 Å². The lowest BCUT2D eigenvalue weighted by Crippen LogP contribution is -2.47. The first-order chi connectivity index (χ1) is 12.2. The maximum Gasteiger partial charge on any atom is 0.224 e. The summed E-state index contributed by atoms with van der Waals surface area (Å²) < 4.78 is 13.9. The molecule has 2 heterocycles. The van der Waals surface area contributed by atoms with Gasteiger partial charge in [0.2, 0.25) is 5.91 Å². The van der Waals surface area contributed by atoms with Crippen LogP contribution in [0.25, 0.3) is 0 Å². The summed E-state index contributed by atoms with van der Waals surface area (Å²) >= 11 is 0. The number of piperazine rings is 1. The number of benzene rings is 1. The van der Waals surface area contributed by atoms with Crippen LogP contribution in [0, 0.1) is 5.82 Å². The van der Waals surface area contributed by atoms with Gasteiger partial charge >= 0.3 is 0 Å². The first-order valence-corrected chi connectivity index (χ1v) is 8.67. The molecule has 0 spiro atoms. The largest absolute Gasteiger partial charge is 0.366 e. The van der Waals surface area contributed by atoms with Crippen molar-refractivity contribution in [3.8, 4) is 0 Å². The molecule has 5 nitrogen and oxygen atoms in total. The number of hydrogen-bond acceptors (Lipinski definition) is 4. The molecule has 1 N–H and O–H groups in total. The van der Waals surface area contributed by atoms with Crippen LogP contribution in [0.1, 0.15) is 19.8 Å². The van der Waals surface area contributed by atoms with Crippen molar-refractivity contribution in [2.45, 2.75) is 19.8 Å². The molecule has 1 aliphatic rings. The van der Waals surface area contributed by atoms with Gasteiger partial charge in [-0.2, -0.15) is 0 Å². The van der Waals surface area contributed by atoms with Gasteiger partial charge in [0.05, 0.1) is 17.6 Å². The van der Waals surface area contributed by atoms with Crippen molar-refractivity contribution in [3.05, 3.63) is 48.4 Å². The first kappa shape index (κ1) is 17.2. The molecule has 1 aliphatic heterocycles. The lowest BCUT2D eigenvalue weighted by atomic mass is 10.2. The van der Waals surface area contributed by atoms with E-state index in [1.165, 1.54) is 6.07 Å². The normalized spacial score (nSPS) is 14.5. The molecule has 0 radical (unpaired) electrons. The van der Waals surface area contributed by atoms with Crippen LogP contribution in [0.15, 0.2) is 42.6 Å². The van der Waals surface area contributed by atoms with E-state index in [1.807, 2.05) is 31.2 Å². The fraction of sp³-hybridized carbons (Fsp3) is 0.368. The van der Waals surface area contributed by atoms with E-state index in [2.05, 4.69) is 20.1 Å². The fourth-order valence-electron chi connectivity index (χ4n) is 2.98. The maximum atomic E-state index is 13.9. The van der Waals surface area contributed by atoms with Crippen molar-refractivity contribution in [1.82, 2.24) is 4.98 Å². The average molecular weight is 342 g/mol. The van der Waals surface area contributed by atoms with Gasteiger partial charge in [0, 0.05) is 32.6 Å². The van der Waals surface area contributed by atoms with E-state index in [4.69, 9.17) is 0 Å². The molecule has 1 aromatic carbocycles. The molecular weight excluding hydrogens is 319 g/mol. The van der Waals surface area contributed by atoms with E-state index in [9.17, 15) is 9.18 Å². The predicted octanol–water partition coefficient (Wildman–Crippen LogP) is 3.29. The van der Waals surface area contributed by atoms with Gasteiger partial charge in [-0.05, 0) is 30.7 Å². The molecule has 132 valence electrons. The van der Waals surface area contributed by atoms with Gasteiger partial charge < -0.3 is 15.1 Å². The second-order valence-electron chi connectivity index (χ2n) is 6.13. The number of nitrogens with one attached hydrogen (secondary N) is 1. The summed E-state index contributed by atoms with van der Waals surface area (Å²) in [6.07, 6.45) is 3.02. The first-order valence-electron chi connectivity index (χ1n) is 8.67. The number of para-hydroxylation sites is 1. The summed E-state index contributed by atoms with van der Waals surface area (Å²) in [6.45, 7) is 5.03. The monoisotopic (exact) mass is 342 g/mol. The molecule has 1 saturated heterocycles. The van der Waals surface area contributed by atoms with E-state index < -0.39 is 0 Å². The molecule has 2 aromatic rings. The second kappa shape index (κ2) is 7.96. The number of pyridine rings is 1. The highest BCUT2D eigenvalue weighted by molar-refractivity contribution is 5.90. The van der Waals surface area contributed by atoms with Gasteiger partial charge in [-0.3, -0.25) is 4.79 Å². The lowest BCUT2D eigenvalue weighted by molar-refractivity contribution is -0.116. The van der Waals surface area contributed by atoms with E-state index in [0.717, 1.165) is 38.4 Å². The van der Waals surface area contributed by atoms with E-state index in [0.29, 0.717) is 17.8 Å². The predicted molar refractivity (Wildman–Crippen MR) is 98.6 cm³/mol. The summed E-state index contributed by atoms with van der Waals surface area (Å²) in [7, 11) is 0. The summed E-state index contributed by atoms with van der Waals surface area (Å²) in [6, 6.07) is 10.7. The van der Waals surface area contributed by atoms with Crippen LogP contribution < -0.4 is 15.1 Å². The molecule has 0 atom stereocenters. The van der Waals surface area contributed by atoms with Crippen LogP contribution in [0.5, 0.6) is 0 Å². The van der Waals surface area contributed by atoms with E-state index in [1.54, 1.807) is 12.3 Å². The molecular formula is C19H23FN4O. The Morgan fingerprint density at radius 3 is 2.48 bits per heavy atom. The minimum absolute atomic E-state index is 0.00977. The Hall–Kier alpha value is -2.63. The Kier molecular flexibility index (Phi) is 5.48. The minimum atomic E-state index is -0.179. The van der Waals surface area contributed by atoms with Crippen molar-refractivity contribution < 1.29 is 9.18 Å². The smallest absolute Gasteiger partial charge is 0.224 e. The van der Waals surface area contributed by atoms with E-state index >= 15 is 0 Å². The third kappa shape index (κ3) is 4.26. The summed E-state index contributed by atoms with van der Waals surface area (Å²) in [4.78, 5) is 20.3. The Balaban J connectivity index is 1.58. The molecule has 0 bridgehead atoms. The van der Waals surface area contributed by atoms with Crippen molar-refractivity contribution in [2.24, 2.45) is 0 Å². The Bertz CT molecular complexity index is 712. The highest BCUT2D eigenvalue weighted by Crippen LogP contribution is 2.22. The van der Waals surface area contributed by atoms with Crippen molar-refractivity contribution in [1.29, 1.82) is 0 Å². The summed E-state index contributed by atoms with van der Waals surface area (Å²) in [5, 5.41) is 2.84. The van der Waals surface area contributed by atoms with E-state index in [-0.39, 0.29) is 11.7 Å². The Labute approximate surface area is 147 Å². The molecule has 1 fully saturated rings. The number of aromatic nitrogens is 1. The molecule has 6 heteroatoms.